The Bertz CT molecular complexity index is 3550. The average molecular weight is 826 g/mol. The van der Waals surface area contributed by atoms with Crippen LogP contribution in [0.4, 0.5) is 0 Å². The van der Waals surface area contributed by atoms with Crippen molar-refractivity contribution in [3.63, 3.8) is 0 Å². The summed E-state index contributed by atoms with van der Waals surface area (Å²) in [5.74, 6) is 1.87. The monoisotopic (exact) mass is 825 g/mol. The minimum Gasteiger partial charge on any atom is -0.208 e. The molecule has 0 atom stereocenters. The van der Waals surface area contributed by atoms with E-state index in [1.807, 2.05) is 18.2 Å². The Morgan fingerprint density at radius 1 is 0.262 bits per heavy atom. The van der Waals surface area contributed by atoms with E-state index in [1.165, 1.54) is 60.8 Å². The van der Waals surface area contributed by atoms with Gasteiger partial charge in [-0.1, -0.05) is 206 Å². The van der Waals surface area contributed by atoms with Gasteiger partial charge < -0.3 is 0 Å². The Morgan fingerprint density at radius 2 is 0.677 bits per heavy atom. The first kappa shape index (κ1) is 37.1. The molecule has 1 spiro atoms. The lowest BCUT2D eigenvalue weighted by Crippen LogP contribution is -2.26. The lowest BCUT2D eigenvalue weighted by molar-refractivity contribution is 0.801. The molecule has 0 saturated heterocycles. The van der Waals surface area contributed by atoms with Crippen LogP contribution in [0.15, 0.2) is 237 Å². The molecule has 3 nitrogen and oxygen atoms in total. The van der Waals surface area contributed by atoms with E-state index in [9.17, 15) is 0 Å². The van der Waals surface area contributed by atoms with Crippen LogP contribution in [0.5, 0.6) is 0 Å². The molecule has 0 aliphatic heterocycles. The summed E-state index contributed by atoms with van der Waals surface area (Å²) in [6.07, 6.45) is 0. The van der Waals surface area contributed by atoms with E-state index < -0.39 is 5.41 Å². The molecule has 0 fully saturated rings. The third kappa shape index (κ3) is 5.79. The van der Waals surface area contributed by atoms with E-state index in [1.54, 1.807) is 0 Å². The topological polar surface area (TPSA) is 38.7 Å². The number of hydrogen-bond donors (Lipinski definition) is 0. The van der Waals surface area contributed by atoms with Crippen molar-refractivity contribution in [2.75, 3.05) is 0 Å². The molecule has 2 aliphatic carbocycles. The summed E-state index contributed by atoms with van der Waals surface area (Å²) >= 11 is 0. The fourth-order valence-corrected chi connectivity index (χ4v) is 10.7. The van der Waals surface area contributed by atoms with E-state index in [-0.39, 0.29) is 0 Å². The van der Waals surface area contributed by atoms with Crippen LogP contribution >= 0.6 is 0 Å². The molecular formula is C62H39N3. The van der Waals surface area contributed by atoms with Crippen LogP contribution in [-0.2, 0) is 5.41 Å². The number of benzene rings is 10. The summed E-state index contributed by atoms with van der Waals surface area (Å²) in [6.45, 7) is 0. The summed E-state index contributed by atoms with van der Waals surface area (Å²) in [5.41, 5.74) is 19.5. The van der Waals surface area contributed by atoms with Crippen LogP contribution in [0.25, 0.3) is 101 Å². The molecule has 13 rings (SSSR count). The maximum absolute atomic E-state index is 5.35. The maximum atomic E-state index is 5.35. The SMILES string of the molecule is c1ccc(-c2cc(-c3ccccc3)cc(-c3nc(-c4ccccc4)nc(-c4cccc(-c5cc6ccccc6c6c5-c5ccccc5C65c6ccccc6-c6ccccc65)c4)n3)c2)cc1. The Hall–Kier alpha value is -8.53. The van der Waals surface area contributed by atoms with Gasteiger partial charge in [0.2, 0.25) is 0 Å². The minimum absolute atomic E-state index is 0.479. The van der Waals surface area contributed by atoms with E-state index in [0.717, 1.165) is 44.5 Å². The van der Waals surface area contributed by atoms with Crippen molar-refractivity contribution in [1.29, 1.82) is 0 Å². The molecule has 10 aromatic carbocycles. The average Bonchev–Trinajstić information content (AvgIpc) is 3.87. The van der Waals surface area contributed by atoms with Gasteiger partial charge in [0.15, 0.2) is 17.5 Å². The molecular weight excluding hydrogens is 787 g/mol. The van der Waals surface area contributed by atoms with Gasteiger partial charge in [-0.3, -0.25) is 0 Å². The highest BCUT2D eigenvalue weighted by Gasteiger charge is 2.53. The van der Waals surface area contributed by atoms with Crippen LogP contribution < -0.4 is 0 Å². The van der Waals surface area contributed by atoms with Crippen LogP contribution in [0.3, 0.4) is 0 Å². The maximum Gasteiger partial charge on any atom is 0.164 e. The third-order valence-electron chi connectivity index (χ3n) is 13.5. The van der Waals surface area contributed by atoms with Crippen molar-refractivity contribution in [3.05, 3.63) is 259 Å². The highest BCUT2D eigenvalue weighted by Crippen LogP contribution is 2.65. The molecule has 65 heavy (non-hydrogen) atoms. The molecule has 0 unspecified atom stereocenters. The highest BCUT2D eigenvalue weighted by atomic mass is 15.0. The first-order valence-corrected chi connectivity index (χ1v) is 22.3. The lowest BCUT2D eigenvalue weighted by Gasteiger charge is -2.31. The summed E-state index contributed by atoms with van der Waals surface area (Å²) in [7, 11) is 0. The largest absolute Gasteiger partial charge is 0.208 e. The molecule has 1 heterocycles. The smallest absolute Gasteiger partial charge is 0.164 e. The summed E-state index contributed by atoms with van der Waals surface area (Å²) in [6, 6.07) is 85.2. The zero-order valence-corrected chi connectivity index (χ0v) is 35.4. The van der Waals surface area contributed by atoms with E-state index in [0.29, 0.717) is 17.5 Å². The number of hydrogen-bond acceptors (Lipinski definition) is 3. The second-order valence-electron chi connectivity index (χ2n) is 17.1. The van der Waals surface area contributed by atoms with Gasteiger partial charge in [-0.2, -0.15) is 0 Å². The van der Waals surface area contributed by atoms with Gasteiger partial charge in [0.05, 0.1) is 5.41 Å². The predicted molar refractivity (Wildman–Crippen MR) is 266 cm³/mol. The van der Waals surface area contributed by atoms with E-state index in [4.69, 9.17) is 15.0 Å². The standard InChI is InChI=1S/C62H39N3/c1-4-19-40(20-5-1)46-36-47(41-21-6-2-7-22-41)38-48(37-46)61-64-59(42-23-8-3-9-24-42)63-60(65-61)45-27-18-26-43(35-45)53-39-44-25-10-11-28-49(44)58-57(53)52-31-14-17-34-56(52)62(58)54-32-15-12-29-50(54)51-30-13-16-33-55(51)62/h1-39H. The number of nitrogens with zero attached hydrogens (tertiary/aromatic N) is 3. The first-order valence-electron chi connectivity index (χ1n) is 22.3. The fourth-order valence-electron chi connectivity index (χ4n) is 10.7. The summed E-state index contributed by atoms with van der Waals surface area (Å²) < 4.78 is 0. The first-order chi connectivity index (χ1) is 32.2. The molecule has 3 heteroatoms. The van der Waals surface area contributed by atoms with Crippen molar-refractivity contribution < 1.29 is 0 Å². The van der Waals surface area contributed by atoms with E-state index >= 15 is 0 Å². The zero-order valence-electron chi connectivity index (χ0n) is 35.4. The molecule has 0 N–H and O–H groups in total. The van der Waals surface area contributed by atoms with Gasteiger partial charge in [-0.05, 0) is 119 Å². The molecule has 2 aliphatic rings. The normalized spacial score (nSPS) is 12.7. The predicted octanol–water partition coefficient (Wildman–Crippen LogP) is 15.4. The van der Waals surface area contributed by atoms with Crippen LogP contribution in [-0.4, -0.2) is 15.0 Å². The van der Waals surface area contributed by atoms with Gasteiger partial charge in [-0.25, -0.2) is 15.0 Å². The zero-order chi connectivity index (χ0) is 42.9. The number of rotatable bonds is 6. The van der Waals surface area contributed by atoms with Crippen molar-refractivity contribution >= 4 is 10.8 Å². The summed E-state index contributed by atoms with van der Waals surface area (Å²) in [4.78, 5) is 15.8. The molecule has 0 bridgehead atoms. The van der Waals surface area contributed by atoms with Gasteiger partial charge in [0, 0.05) is 16.7 Å². The Labute approximate surface area is 378 Å². The number of aromatic nitrogens is 3. The molecule has 0 saturated carbocycles. The van der Waals surface area contributed by atoms with Crippen molar-refractivity contribution in [2.24, 2.45) is 0 Å². The second-order valence-corrected chi connectivity index (χ2v) is 17.1. The van der Waals surface area contributed by atoms with Crippen LogP contribution in [0, 0.1) is 0 Å². The van der Waals surface area contributed by atoms with Crippen molar-refractivity contribution in [1.82, 2.24) is 15.0 Å². The third-order valence-corrected chi connectivity index (χ3v) is 13.5. The molecule has 0 amide bonds. The Morgan fingerprint density at radius 3 is 1.29 bits per heavy atom. The minimum atomic E-state index is -0.479. The van der Waals surface area contributed by atoms with E-state index in [2.05, 4.69) is 218 Å². The van der Waals surface area contributed by atoms with Gasteiger partial charge in [0.25, 0.3) is 0 Å². The quantitative estimate of drug-likeness (QED) is 0.168. The van der Waals surface area contributed by atoms with Crippen molar-refractivity contribution in [3.8, 4) is 89.8 Å². The Balaban J connectivity index is 1.04. The van der Waals surface area contributed by atoms with Gasteiger partial charge >= 0.3 is 0 Å². The molecule has 1 aromatic heterocycles. The van der Waals surface area contributed by atoms with Crippen molar-refractivity contribution in [2.45, 2.75) is 5.41 Å². The second kappa shape index (κ2) is 14.8. The Kier molecular flexibility index (Phi) is 8.44. The number of fused-ring (bicyclic) bond motifs is 12. The summed E-state index contributed by atoms with van der Waals surface area (Å²) in [5, 5.41) is 2.48. The highest BCUT2D eigenvalue weighted by molar-refractivity contribution is 6.09. The van der Waals surface area contributed by atoms with Gasteiger partial charge in [-0.15, -0.1) is 0 Å². The van der Waals surface area contributed by atoms with Crippen LogP contribution in [0.1, 0.15) is 22.3 Å². The lowest BCUT2D eigenvalue weighted by atomic mass is 9.69. The fraction of sp³-hybridized carbons (Fsp3) is 0.0161. The van der Waals surface area contributed by atoms with Crippen LogP contribution in [0.2, 0.25) is 0 Å². The molecule has 11 aromatic rings. The molecule has 0 radical (unpaired) electrons. The van der Waals surface area contributed by atoms with Gasteiger partial charge in [0.1, 0.15) is 0 Å². The molecule has 302 valence electrons.